The molecule has 2 atom stereocenters. The van der Waals surface area contributed by atoms with Gasteiger partial charge in [0.15, 0.2) is 0 Å². The van der Waals surface area contributed by atoms with Crippen molar-refractivity contribution in [3.05, 3.63) is 28.7 Å². The van der Waals surface area contributed by atoms with Gasteiger partial charge in [0.05, 0.1) is 5.69 Å². The quantitative estimate of drug-likeness (QED) is 0.883. The topological polar surface area (TPSA) is 37.3 Å². The molecule has 2 heterocycles. The molecule has 1 saturated heterocycles. The number of nitrogens with one attached hydrogen (secondary N) is 1. The average Bonchev–Trinajstić information content (AvgIpc) is 2.63. The van der Waals surface area contributed by atoms with Crippen LogP contribution >= 0.6 is 0 Å². The third kappa shape index (κ3) is 2.93. The van der Waals surface area contributed by atoms with Gasteiger partial charge in [0.1, 0.15) is 0 Å². The summed E-state index contributed by atoms with van der Waals surface area (Å²) in [5.74, 6) is 0. The van der Waals surface area contributed by atoms with E-state index in [1.54, 1.807) is 10.6 Å². The highest BCUT2D eigenvalue weighted by atomic mass is 16.1. The molecule has 1 aromatic heterocycles. The van der Waals surface area contributed by atoms with Crippen LogP contribution in [0.5, 0.6) is 0 Å². The van der Waals surface area contributed by atoms with E-state index >= 15 is 0 Å². The molecule has 0 aliphatic carbocycles. The Kier molecular flexibility index (Phi) is 4.07. The molecule has 1 N–H and O–H groups in total. The standard InChI is InChI=1S/C14H23N3O/c1-4-7-17-10-12(5-6-14(17)18)15-13-8-11(2)16(3)9-13/h5-6,10-11,13,15H,4,7-9H2,1-3H3. The van der Waals surface area contributed by atoms with Gasteiger partial charge in [-0.25, -0.2) is 0 Å². The Hall–Kier alpha value is -1.29. The molecule has 4 heteroatoms. The van der Waals surface area contributed by atoms with E-state index in [0.29, 0.717) is 12.1 Å². The summed E-state index contributed by atoms with van der Waals surface area (Å²) in [6, 6.07) is 4.65. The fraction of sp³-hybridized carbons (Fsp3) is 0.643. The lowest BCUT2D eigenvalue weighted by molar-refractivity contribution is 0.330. The van der Waals surface area contributed by atoms with Crippen LogP contribution in [0.25, 0.3) is 0 Å². The van der Waals surface area contributed by atoms with Crippen LogP contribution in [-0.2, 0) is 6.54 Å². The minimum atomic E-state index is 0.0827. The molecule has 0 saturated carbocycles. The molecular weight excluding hydrogens is 226 g/mol. The van der Waals surface area contributed by atoms with Gasteiger partial charge in [-0.3, -0.25) is 4.79 Å². The lowest BCUT2D eigenvalue weighted by Gasteiger charge is -2.15. The smallest absolute Gasteiger partial charge is 0.250 e. The maximum atomic E-state index is 11.6. The molecule has 1 fully saturated rings. The van der Waals surface area contributed by atoms with E-state index in [0.717, 1.165) is 31.6 Å². The molecule has 4 nitrogen and oxygen atoms in total. The first-order valence-electron chi connectivity index (χ1n) is 6.77. The van der Waals surface area contributed by atoms with Crippen LogP contribution in [0.4, 0.5) is 5.69 Å². The summed E-state index contributed by atoms with van der Waals surface area (Å²) in [7, 11) is 2.16. The van der Waals surface area contributed by atoms with E-state index in [1.807, 2.05) is 12.3 Å². The van der Waals surface area contributed by atoms with E-state index in [-0.39, 0.29) is 5.56 Å². The number of pyridine rings is 1. The molecule has 1 aromatic rings. The van der Waals surface area contributed by atoms with Crippen LogP contribution in [-0.4, -0.2) is 35.1 Å². The summed E-state index contributed by atoms with van der Waals surface area (Å²) in [6.07, 6.45) is 4.07. The molecule has 100 valence electrons. The van der Waals surface area contributed by atoms with Gasteiger partial charge < -0.3 is 14.8 Å². The van der Waals surface area contributed by atoms with Crippen LogP contribution in [0, 0.1) is 0 Å². The molecule has 0 bridgehead atoms. The van der Waals surface area contributed by atoms with Gasteiger partial charge in [-0.2, -0.15) is 0 Å². The highest BCUT2D eigenvalue weighted by Gasteiger charge is 2.25. The Morgan fingerprint density at radius 3 is 2.83 bits per heavy atom. The van der Waals surface area contributed by atoms with Gasteiger partial charge in [-0.15, -0.1) is 0 Å². The van der Waals surface area contributed by atoms with Crippen LogP contribution in [0.15, 0.2) is 23.1 Å². The Balaban J connectivity index is 2.06. The summed E-state index contributed by atoms with van der Waals surface area (Å²) in [5.41, 5.74) is 1.13. The van der Waals surface area contributed by atoms with Crippen molar-refractivity contribution in [1.29, 1.82) is 0 Å². The number of rotatable bonds is 4. The molecule has 2 rings (SSSR count). The lowest BCUT2D eigenvalue weighted by atomic mass is 10.2. The first kappa shape index (κ1) is 13.1. The van der Waals surface area contributed by atoms with Crippen molar-refractivity contribution in [3.8, 4) is 0 Å². The van der Waals surface area contributed by atoms with Gasteiger partial charge >= 0.3 is 0 Å². The minimum Gasteiger partial charge on any atom is -0.380 e. The Bertz CT molecular complexity index is 445. The zero-order valence-electron chi connectivity index (χ0n) is 11.5. The number of aryl methyl sites for hydroxylation is 1. The van der Waals surface area contributed by atoms with Crippen LogP contribution in [0.1, 0.15) is 26.7 Å². The van der Waals surface area contributed by atoms with Crippen LogP contribution in [0.3, 0.4) is 0 Å². The predicted molar refractivity (Wildman–Crippen MR) is 75.1 cm³/mol. The second-order valence-corrected chi connectivity index (χ2v) is 5.31. The fourth-order valence-electron chi connectivity index (χ4n) is 2.57. The van der Waals surface area contributed by atoms with Gasteiger partial charge in [-0.05, 0) is 32.9 Å². The number of anilines is 1. The normalized spacial score (nSPS) is 24.4. The highest BCUT2D eigenvalue weighted by Crippen LogP contribution is 2.18. The van der Waals surface area contributed by atoms with E-state index in [9.17, 15) is 4.79 Å². The molecule has 0 aromatic carbocycles. The third-order valence-corrected chi connectivity index (χ3v) is 3.71. The summed E-state index contributed by atoms with van der Waals surface area (Å²) in [4.78, 5) is 14.0. The maximum Gasteiger partial charge on any atom is 0.250 e. The van der Waals surface area contributed by atoms with Crippen LogP contribution in [0.2, 0.25) is 0 Å². The number of likely N-dealkylation sites (N-methyl/N-ethyl adjacent to an activating group) is 1. The third-order valence-electron chi connectivity index (χ3n) is 3.71. The molecule has 0 spiro atoms. The molecule has 2 unspecified atom stereocenters. The zero-order chi connectivity index (χ0) is 13.1. The maximum absolute atomic E-state index is 11.6. The molecule has 0 radical (unpaired) electrons. The largest absolute Gasteiger partial charge is 0.380 e. The Labute approximate surface area is 109 Å². The van der Waals surface area contributed by atoms with Crippen molar-refractivity contribution >= 4 is 5.69 Å². The molecule has 1 aliphatic heterocycles. The summed E-state index contributed by atoms with van der Waals surface area (Å²) in [5, 5.41) is 3.53. The second-order valence-electron chi connectivity index (χ2n) is 5.31. The SMILES string of the molecule is CCCn1cc(NC2CC(C)N(C)C2)ccc1=O. The predicted octanol–water partition coefficient (Wildman–Crippen LogP) is 1.76. The zero-order valence-corrected chi connectivity index (χ0v) is 11.5. The van der Waals surface area contributed by atoms with E-state index < -0.39 is 0 Å². The van der Waals surface area contributed by atoms with Crippen molar-refractivity contribution in [1.82, 2.24) is 9.47 Å². The molecule has 18 heavy (non-hydrogen) atoms. The number of hydrogen-bond acceptors (Lipinski definition) is 3. The highest BCUT2D eigenvalue weighted by molar-refractivity contribution is 5.41. The Morgan fingerprint density at radius 2 is 2.22 bits per heavy atom. The average molecular weight is 249 g/mol. The first-order valence-corrected chi connectivity index (χ1v) is 6.77. The van der Waals surface area contributed by atoms with Gasteiger partial charge in [0.25, 0.3) is 5.56 Å². The van der Waals surface area contributed by atoms with E-state index in [4.69, 9.17) is 0 Å². The summed E-state index contributed by atoms with van der Waals surface area (Å²) in [6.45, 7) is 6.18. The van der Waals surface area contributed by atoms with Crippen molar-refractivity contribution in [2.45, 2.75) is 45.3 Å². The minimum absolute atomic E-state index is 0.0827. The van der Waals surface area contributed by atoms with Crippen molar-refractivity contribution in [2.75, 3.05) is 18.9 Å². The van der Waals surface area contributed by atoms with Crippen LogP contribution < -0.4 is 10.9 Å². The summed E-state index contributed by atoms with van der Waals surface area (Å²) < 4.78 is 1.78. The molecule has 0 amide bonds. The van der Waals surface area contributed by atoms with E-state index in [1.165, 1.54) is 0 Å². The van der Waals surface area contributed by atoms with Crippen molar-refractivity contribution in [3.63, 3.8) is 0 Å². The Morgan fingerprint density at radius 1 is 1.44 bits per heavy atom. The molecular formula is C14H23N3O. The van der Waals surface area contributed by atoms with Gasteiger partial charge in [-0.1, -0.05) is 6.92 Å². The van der Waals surface area contributed by atoms with Gasteiger partial charge in [0.2, 0.25) is 0 Å². The number of aromatic nitrogens is 1. The molecule has 1 aliphatic rings. The number of nitrogens with zero attached hydrogens (tertiary/aromatic N) is 2. The lowest BCUT2D eigenvalue weighted by Crippen LogP contribution is -2.26. The fourth-order valence-corrected chi connectivity index (χ4v) is 2.57. The van der Waals surface area contributed by atoms with E-state index in [2.05, 4.69) is 31.1 Å². The van der Waals surface area contributed by atoms with Gasteiger partial charge in [0, 0.05) is 37.4 Å². The first-order chi connectivity index (χ1) is 8.60. The second kappa shape index (κ2) is 5.57. The number of likely N-dealkylation sites (tertiary alicyclic amines) is 1. The summed E-state index contributed by atoms with van der Waals surface area (Å²) >= 11 is 0. The number of hydrogen-bond donors (Lipinski definition) is 1. The monoisotopic (exact) mass is 249 g/mol. The van der Waals surface area contributed by atoms with Crippen molar-refractivity contribution in [2.24, 2.45) is 0 Å². The van der Waals surface area contributed by atoms with Crippen molar-refractivity contribution < 1.29 is 0 Å².